The summed E-state index contributed by atoms with van der Waals surface area (Å²) in [5.41, 5.74) is 2.37. The van der Waals surface area contributed by atoms with E-state index in [-0.39, 0.29) is 0 Å². The summed E-state index contributed by atoms with van der Waals surface area (Å²) < 4.78 is 0. The molecule has 1 aliphatic rings. The Kier molecular flexibility index (Phi) is 4.22. The van der Waals surface area contributed by atoms with E-state index in [0.717, 1.165) is 36.3 Å². The Morgan fingerprint density at radius 2 is 2.00 bits per heavy atom. The SMILES string of the molecule is CN1CCCN(c2nc3ccccc3cc2CBr)CC1. The molecule has 3 rings (SSSR count). The average Bonchev–Trinajstić information content (AvgIpc) is 2.70. The van der Waals surface area contributed by atoms with Gasteiger partial charge in [-0.3, -0.25) is 0 Å². The number of anilines is 1. The average molecular weight is 334 g/mol. The summed E-state index contributed by atoms with van der Waals surface area (Å²) >= 11 is 3.62. The third-order valence-corrected chi connectivity index (χ3v) is 4.55. The zero-order chi connectivity index (χ0) is 13.9. The molecule has 0 spiro atoms. The summed E-state index contributed by atoms with van der Waals surface area (Å²) in [6.45, 7) is 4.43. The highest BCUT2D eigenvalue weighted by molar-refractivity contribution is 9.08. The van der Waals surface area contributed by atoms with Crippen molar-refractivity contribution in [1.29, 1.82) is 0 Å². The van der Waals surface area contributed by atoms with Crippen LogP contribution < -0.4 is 4.90 Å². The first-order chi connectivity index (χ1) is 9.78. The first kappa shape index (κ1) is 13.8. The van der Waals surface area contributed by atoms with Crippen molar-refractivity contribution in [3.05, 3.63) is 35.9 Å². The summed E-state index contributed by atoms with van der Waals surface area (Å²) in [5.74, 6) is 1.15. The van der Waals surface area contributed by atoms with E-state index in [0.29, 0.717) is 0 Å². The molecule has 20 heavy (non-hydrogen) atoms. The molecule has 0 amide bonds. The van der Waals surface area contributed by atoms with Gasteiger partial charge < -0.3 is 9.80 Å². The molecule has 0 saturated carbocycles. The molecule has 0 unspecified atom stereocenters. The molecule has 1 fully saturated rings. The van der Waals surface area contributed by atoms with Crippen LogP contribution in [0.2, 0.25) is 0 Å². The predicted molar refractivity (Wildman–Crippen MR) is 88.7 cm³/mol. The predicted octanol–water partition coefficient (Wildman–Crippen LogP) is 3.27. The molecule has 4 heteroatoms. The lowest BCUT2D eigenvalue weighted by Crippen LogP contribution is -2.30. The van der Waals surface area contributed by atoms with Crippen molar-refractivity contribution in [2.24, 2.45) is 0 Å². The first-order valence-corrected chi connectivity index (χ1v) is 8.28. The van der Waals surface area contributed by atoms with Crippen molar-refractivity contribution in [1.82, 2.24) is 9.88 Å². The number of hydrogen-bond acceptors (Lipinski definition) is 3. The van der Waals surface area contributed by atoms with Gasteiger partial charge >= 0.3 is 0 Å². The lowest BCUT2D eigenvalue weighted by molar-refractivity contribution is 0.360. The monoisotopic (exact) mass is 333 g/mol. The quantitative estimate of drug-likeness (QED) is 0.786. The van der Waals surface area contributed by atoms with Gasteiger partial charge in [-0.2, -0.15) is 0 Å². The second-order valence-corrected chi connectivity index (χ2v) is 6.00. The van der Waals surface area contributed by atoms with E-state index in [1.165, 1.54) is 23.9 Å². The summed E-state index contributed by atoms with van der Waals surface area (Å²) in [6, 6.07) is 10.6. The zero-order valence-electron chi connectivity index (χ0n) is 11.8. The van der Waals surface area contributed by atoms with Gasteiger partial charge in [0, 0.05) is 35.9 Å². The molecule has 3 nitrogen and oxygen atoms in total. The number of aromatic nitrogens is 1. The lowest BCUT2D eigenvalue weighted by Gasteiger charge is -2.24. The summed E-state index contributed by atoms with van der Waals surface area (Å²) in [5, 5.41) is 2.07. The van der Waals surface area contributed by atoms with Gasteiger partial charge in [-0.15, -0.1) is 0 Å². The minimum Gasteiger partial charge on any atom is -0.355 e. The Hall–Kier alpha value is -1.13. The van der Waals surface area contributed by atoms with Crippen LogP contribution in [0.3, 0.4) is 0 Å². The van der Waals surface area contributed by atoms with Gasteiger partial charge in [0.05, 0.1) is 5.52 Å². The number of para-hydroxylation sites is 1. The van der Waals surface area contributed by atoms with E-state index in [1.807, 2.05) is 0 Å². The number of alkyl halides is 1. The number of rotatable bonds is 2. The van der Waals surface area contributed by atoms with Gasteiger partial charge in [-0.25, -0.2) is 4.98 Å². The maximum Gasteiger partial charge on any atom is 0.133 e. The molecule has 0 bridgehead atoms. The topological polar surface area (TPSA) is 19.4 Å². The van der Waals surface area contributed by atoms with E-state index in [4.69, 9.17) is 4.98 Å². The molecule has 1 saturated heterocycles. The number of benzene rings is 1. The van der Waals surface area contributed by atoms with Gasteiger partial charge in [0.1, 0.15) is 5.82 Å². The molecule has 106 valence electrons. The zero-order valence-corrected chi connectivity index (χ0v) is 13.4. The van der Waals surface area contributed by atoms with Gasteiger partial charge in [-0.05, 0) is 32.1 Å². The molecule has 1 aromatic heterocycles. The highest BCUT2D eigenvalue weighted by Gasteiger charge is 2.17. The molecule has 1 aromatic carbocycles. The Labute approximate surface area is 128 Å². The van der Waals surface area contributed by atoms with Crippen LogP contribution in [-0.2, 0) is 5.33 Å². The third-order valence-electron chi connectivity index (χ3n) is 3.94. The lowest BCUT2D eigenvalue weighted by atomic mass is 10.1. The van der Waals surface area contributed by atoms with Crippen LogP contribution in [0, 0.1) is 0 Å². The second kappa shape index (κ2) is 6.10. The fraction of sp³-hybridized carbons (Fsp3) is 0.438. The van der Waals surface area contributed by atoms with Crippen LogP contribution in [0.5, 0.6) is 0 Å². The number of fused-ring (bicyclic) bond motifs is 1. The molecule has 2 heterocycles. The Balaban J connectivity index is 2.00. The number of nitrogens with zero attached hydrogens (tertiary/aromatic N) is 3. The largest absolute Gasteiger partial charge is 0.355 e. The van der Waals surface area contributed by atoms with Gasteiger partial charge in [0.15, 0.2) is 0 Å². The van der Waals surface area contributed by atoms with E-state index >= 15 is 0 Å². The van der Waals surface area contributed by atoms with Gasteiger partial charge in [0.2, 0.25) is 0 Å². The number of halogens is 1. The van der Waals surface area contributed by atoms with Crippen LogP contribution in [0.1, 0.15) is 12.0 Å². The Morgan fingerprint density at radius 1 is 1.15 bits per heavy atom. The Bertz CT molecular complexity index is 599. The standard InChI is InChI=1S/C16H20BrN3/c1-19-7-4-8-20(10-9-19)16-14(12-17)11-13-5-2-3-6-15(13)18-16/h2-3,5-6,11H,4,7-10,12H2,1H3. The number of likely N-dealkylation sites (N-methyl/N-ethyl adjacent to an activating group) is 1. The first-order valence-electron chi connectivity index (χ1n) is 7.16. The van der Waals surface area contributed by atoms with Crippen molar-refractivity contribution < 1.29 is 0 Å². The van der Waals surface area contributed by atoms with E-state index < -0.39 is 0 Å². The molecular weight excluding hydrogens is 314 g/mol. The van der Waals surface area contributed by atoms with Crippen LogP contribution in [0.4, 0.5) is 5.82 Å². The smallest absolute Gasteiger partial charge is 0.133 e. The number of pyridine rings is 1. The van der Waals surface area contributed by atoms with Crippen LogP contribution in [0.15, 0.2) is 30.3 Å². The van der Waals surface area contributed by atoms with Crippen molar-refractivity contribution in [2.75, 3.05) is 38.1 Å². The molecule has 1 aliphatic heterocycles. The summed E-state index contributed by atoms with van der Waals surface area (Å²) in [6.07, 6.45) is 1.20. The minimum absolute atomic E-state index is 0.854. The molecule has 0 radical (unpaired) electrons. The van der Waals surface area contributed by atoms with E-state index in [1.54, 1.807) is 0 Å². The maximum absolute atomic E-state index is 4.91. The maximum atomic E-state index is 4.91. The van der Waals surface area contributed by atoms with Crippen molar-refractivity contribution >= 4 is 32.7 Å². The molecular formula is C16H20BrN3. The molecule has 0 atom stereocenters. The van der Waals surface area contributed by atoms with Crippen LogP contribution in [-0.4, -0.2) is 43.1 Å². The van der Waals surface area contributed by atoms with E-state index in [9.17, 15) is 0 Å². The molecule has 0 aliphatic carbocycles. The van der Waals surface area contributed by atoms with Crippen molar-refractivity contribution in [3.8, 4) is 0 Å². The summed E-state index contributed by atoms with van der Waals surface area (Å²) in [4.78, 5) is 9.75. The van der Waals surface area contributed by atoms with Crippen molar-refractivity contribution in [2.45, 2.75) is 11.8 Å². The second-order valence-electron chi connectivity index (χ2n) is 5.44. The Morgan fingerprint density at radius 3 is 2.85 bits per heavy atom. The van der Waals surface area contributed by atoms with Crippen LogP contribution in [0.25, 0.3) is 10.9 Å². The van der Waals surface area contributed by atoms with Crippen molar-refractivity contribution in [3.63, 3.8) is 0 Å². The minimum atomic E-state index is 0.854. The van der Waals surface area contributed by atoms with E-state index in [2.05, 4.69) is 63.1 Å². The highest BCUT2D eigenvalue weighted by atomic mass is 79.9. The van der Waals surface area contributed by atoms with Crippen LogP contribution >= 0.6 is 15.9 Å². The fourth-order valence-corrected chi connectivity index (χ4v) is 3.19. The summed E-state index contributed by atoms with van der Waals surface area (Å²) in [7, 11) is 2.20. The molecule has 2 aromatic rings. The fourth-order valence-electron chi connectivity index (χ4n) is 2.78. The number of hydrogen-bond donors (Lipinski definition) is 0. The normalized spacial score (nSPS) is 17.4. The highest BCUT2D eigenvalue weighted by Crippen LogP contribution is 2.26. The van der Waals surface area contributed by atoms with Gasteiger partial charge in [0.25, 0.3) is 0 Å². The van der Waals surface area contributed by atoms with Gasteiger partial charge in [-0.1, -0.05) is 34.1 Å². The third kappa shape index (κ3) is 2.81. The molecule has 0 N–H and O–H groups in total.